The van der Waals surface area contributed by atoms with E-state index in [1.165, 1.54) is 4.80 Å². The Morgan fingerprint density at radius 2 is 2.00 bits per heavy atom. The Bertz CT molecular complexity index is 893. The molecule has 0 aliphatic rings. The first kappa shape index (κ1) is 19.0. The number of hydrogen-bond acceptors (Lipinski definition) is 4. The molecule has 0 bridgehead atoms. The summed E-state index contributed by atoms with van der Waals surface area (Å²) in [6, 6.07) is 9.47. The Kier molecular flexibility index (Phi) is 6.19. The molecule has 140 valence electrons. The minimum Gasteiger partial charge on any atom is -0.349 e. The van der Waals surface area contributed by atoms with Gasteiger partial charge in [-0.1, -0.05) is 30.2 Å². The molecule has 6 nitrogen and oxygen atoms in total. The first-order chi connectivity index (χ1) is 13.1. The summed E-state index contributed by atoms with van der Waals surface area (Å²) < 4.78 is 0. The zero-order chi connectivity index (χ0) is 19.2. The summed E-state index contributed by atoms with van der Waals surface area (Å²) in [5.74, 6) is -0.123. The van der Waals surface area contributed by atoms with Crippen molar-refractivity contribution in [3.8, 4) is 5.69 Å². The summed E-state index contributed by atoms with van der Waals surface area (Å²) in [4.78, 5) is 18.7. The van der Waals surface area contributed by atoms with Crippen molar-refractivity contribution >= 4 is 17.5 Å². The maximum Gasteiger partial charge on any atom is 0.253 e. The van der Waals surface area contributed by atoms with Crippen molar-refractivity contribution in [2.24, 2.45) is 0 Å². The number of amides is 1. The zero-order valence-electron chi connectivity index (χ0n) is 15.4. The second-order valence-corrected chi connectivity index (χ2v) is 6.86. The van der Waals surface area contributed by atoms with Gasteiger partial charge in [0.05, 0.1) is 28.7 Å². The average molecular weight is 384 g/mol. The molecule has 0 aliphatic heterocycles. The van der Waals surface area contributed by atoms with Crippen molar-refractivity contribution in [2.75, 3.05) is 0 Å². The summed E-state index contributed by atoms with van der Waals surface area (Å²) in [5, 5.41) is 12.1. The van der Waals surface area contributed by atoms with Crippen LogP contribution in [0.25, 0.3) is 5.69 Å². The predicted molar refractivity (Wildman–Crippen MR) is 105 cm³/mol. The number of aryl methyl sites for hydroxylation is 2. The summed E-state index contributed by atoms with van der Waals surface area (Å²) >= 11 is 5.88. The summed E-state index contributed by atoms with van der Waals surface area (Å²) in [5.41, 5.74) is 3.20. The number of aromatic nitrogens is 4. The van der Waals surface area contributed by atoms with Crippen molar-refractivity contribution in [3.63, 3.8) is 0 Å². The van der Waals surface area contributed by atoms with Gasteiger partial charge in [0, 0.05) is 17.9 Å². The maximum absolute atomic E-state index is 12.9. The number of hydrogen-bond donors (Lipinski definition) is 1. The van der Waals surface area contributed by atoms with Gasteiger partial charge in [0.15, 0.2) is 0 Å². The van der Waals surface area contributed by atoms with Crippen LogP contribution in [0.1, 0.15) is 41.4 Å². The standard InChI is InChI=1S/C20H22ClN5O/c1-3-16(7-8-17-6-5-15(21)13-22-17)25-20(27)18-12-14(2)4-9-19(18)26-23-10-11-24-26/h4-6,9-13,16H,3,7-8H2,1-2H3,(H,25,27)/t16-/m0/s1. The molecule has 0 aliphatic carbocycles. The van der Waals surface area contributed by atoms with Crippen molar-refractivity contribution in [3.05, 3.63) is 70.8 Å². The van der Waals surface area contributed by atoms with Gasteiger partial charge in [-0.3, -0.25) is 9.78 Å². The second-order valence-electron chi connectivity index (χ2n) is 6.42. The molecule has 0 radical (unpaired) electrons. The molecule has 2 aromatic heterocycles. The number of pyridine rings is 1. The zero-order valence-corrected chi connectivity index (χ0v) is 16.1. The van der Waals surface area contributed by atoms with E-state index in [0.717, 1.165) is 30.5 Å². The van der Waals surface area contributed by atoms with Crippen LogP contribution < -0.4 is 5.32 Å². The van der Waals surface area contributed by atoms with Crippen LogP contribution in [-0.2, 0) is 6.42 Å². The van der Waals surface area contributed by atoms with Gasteiger partial charge in [-0.2, -0.15) is 15.0 Å². The van der Waals surface area contributed by atoms with Crippen LogP contribution in [0.15, 0.2) is 48.9 Å². The number of rotatable bonds is 7. The third-order valence-corrected chi connectivity index (χ3v) is 4.62. The molecule has 7 heteroatoms. The van der Waals surface area contributed by atoms with Crippen molar-refractivity contribution in [1.29, 1.82) is 0 Å². The van der Waals surface area contributed by atoms with Gasteiger partial charge >= 0.3 is 0 Å². The van der Waals surface area contributed by atoms with Gasteiger partial charge in [-0.25, -0.2) is 0 Å². The fraction of sp³-hybridized carbons (Fsp3) is 0.300. The largest absolute Gasteiger partial charge is 0.349 e. The molecule has 1 amide bonds. The Morgan fingerprint density at radius 1 is 1.22 bits per heavy atom. The van der Waals surface area contributed by atoms with Gasteiger partial charge in [-0.15, -0.1) is 0 Å². The van der Waals surface area contributed by atoms with E-state index in [2.05, 4.69) is 27.4 Å². The second kappa shape index (κ2) is 8.77. The van der Waals surface area contributed by atoms with Crippen molar-refractivity contribution < 1.29 is 4.79 Å². The number of nitrogens with zero attached hydrogens (tertiary/aromatic N) is 4. The molecule has 1 aromatic carbocycles. The van der Waals surface area contributed by atoms with E-state index in [1.54, 1.807) is 18.6 Å². The topological polar surface area (TPSA) is 72.7 Å². The third-order valence-electron chi connectivity index (χ3n) is 4.40. The van der Waals surface area contributed by atoms with Crippen LogP contribution >= 0.6 is 11.6 Å². The maximum atomic E-state index is 12.9. The van der Waals surface area contributed by atoms with Crippen LogP contribution in [0.3, 0.4) is 0 Å². The molecule has 2 heterocycles. The third kappa shape index (κ3) is 4.92. The minimum absolute atomic E-state index is 0.0499. The molecule has 1 atom stereocenters. The lowest BCUT2D eigenvalue weighted by Gasteiger charge is -2.18. The number of carbonyl (C=O) groups is 1. The van der Waals surface area contributed by atoms with Crippen LogP contribution in [0.2, 0.25) is 5.02 Å². The van der Waals surface area contributed by atoms with E-state index >= 15 is 0 Å². The highest BCUT2D eigenvalue weighted by molar-refractivity contribution is 6.30. The molecule has 0 fully saturated rings. The molecule has 0 spiro atoms. The highest BCUT2D eigenvalue weighted by Crippen LogP contribution is 2.16. The Balaban J connectivity index is 1.71. The molecule has 1 N–H and O–H groups in total. The number of carbonyl (C=O) groups excluding carboxylic acids is 1. The predicted octanol–water partition coefficient (Wildman–Crippen LogP) is 3.77. The molecule has 3 rings (SSSR count). The summed E-state index contributed by atoms with van der Waals surface area (Å²) in [6.07, 6.45) is 7.24. The van der Waals surface area contributed by atoms with Crippen LogP contribution in [-0.4, -0.2) is 31.9 Å². The van der Waals surface area contributed by atoms with Crippen LogP contribution in [0.5, 0.6) is 0 Å². The van der Waals surface area contributed by atoms with E-state index in [0.29, 0.717) is 16.3 Å². The number of benzene rings is 1. The first-order valence-corrected chi connectivity index (χ1v) is 9.33. The van der Waals surface area contributed by atoms with E-state index < -0.39 is 0 Å². The summed E-state index contributed by atoms with van der Waals surface area (Å²) in [6.45, 7) is 4.02. The lowest BCUT2D eigenvalue weighted by atomic mass is 10.0. The SMILES string of the molecule is CC[C@@H](CCc1ccc(Cl)cn1)NC(=O)c1cc(C)ccc1-n1nccn1. The quantitative estimate of drug-likeness (QED) is 0.674. The highest BCUT2D eigenvalue weighted by atomic mass is 35.5. The van der Waals surface area contributed by atoms with E-state index in [9.17, 15) is 4.79 Å². The molecule has 0 saturated carbocycles. The van der Waals surface area contributed by atoms with Crippen molar-refractivity contribution in [2.45, 2.75) is 39.2 Å². The molecular formula is C20H22ClN5O. The molecule has 3 aromatic rings. The van der Waals surface area contributed by atoms with Crippen molar-refractivity contribution in [1.82, 2.24) is 25.3 Å². The fourth-order valence-corrected chi connectivity index (χ4v) is 2.98. The lowest BCUT2D eigenvalue weighted by Crippen LogP contribution is -2.35. The van der Waals surface area contributed by atoms with E-state index in [1.807, 2.05) is 37.3 Å². The van der Waals surface area contributed by atoms with E-state index in [4.69, 9.17) is 11.6 Å². The summed E-state index contributed by atoms with van der Waals surface area (Å²) in [7, 11) is 0. The number of nitrogens with one attached hydrogen (secondary N) is 1. The minimum atomic E-state index is -0.123. The van der Waals surface area contributed by atoms with Gasteiger partial charge in [0.1, 0.15) is 0 Å². The normalized spacial score (nSPS) is 12.0. The first-order valence-electron chi connectivity index (χ1n) is 8.95. The van der Waals surface area contributed by atoms with Crippen LogP contribution in [0, 0.1) is 6.92 Å². The smallest absolute Gasteiger partial charge is 0.253 e. The Labute approximate surface area is 163 Å². The molecule has 0 unspecified atom stereocenters. The van der Waals surface area contributed by atoms with Gasteiger partial charge in [0.2, 0.25) is 0 Å². The van der Waals surface area contributed by atoms with Gasteiger partial charge < -0.3 is 5.32 Å². The average Bonchev–Trinajstić information content (AvgIpc) is 3.20. The monoisotopic (exact) mass is 383 g/mol. The molecular weight excluding hydrogens is 362 g/mol. The lowest BCUT2D eigenvalue weighted by molar-refractivity contribution is 0.0933. The van der Waals surface area contributed by atoms with Gasteiger partial charge in [0.25, 0.3) is 5.91 Å². The fourth-order valence-electron chi connectivity index (χ4n) is 2.86. The highest BCUT2D eigenvalue weighted by Gasteiger charge is 2.17. The van der Waals surface area contributed by atoms with Crippen LogP contribution in [0.4, 0.5) is 0 Å². The number of halogens is 1. The van der Waals surface area contributed by atoms with Gasteiger partial charge in [-0.05, 0) is 50.5 Å². The molecule has 0 saturated heterocycles. The van der Waals surface area contributed by atoms with E-state index in [-0.39, 0.29) is 11.9 Å². The Hall–Kier alpha value is -2.73. The Morgan fingerprint density at radius 3 is 2.67 bits per heavy atom. The molecule has 27 heavy (non-hydrogen) atoms.